The molecule has 1 aliphatic rings. The number of hydrogen-bond acceptors (Lipinski definition) is 5. The van der Waals surface area contributed by atoms with E-state index < -0.39 is 17.8 Å². The van der Waals surface area contributed by atoms with E-state index in [1.165, 1.54) is 30.5 Å². The zero-order valence-electron chi connectivity index (χ0n) is 13.3. The van der Waals surface area contributed by atoms with Crippen LogP contribution < -0.4 is 4.90 Å². The predicted octanol–water partition coefficient (Wildman–Crippen LogP) is 1.78. The van der Waals surface area contributed by atoms with E-state index in [4.69, 9.17) is 5.11 Å². The Hall–Kier alpha value is -3.55. The Morgan fingerprint density at radius 1 is 1.12 bits per heavy atom. The van der Waals surface area contributed by atoms with Gasteiger partial charge in [0.05, 0.1) is 33.5 Å². The molecule has 8 heteroatoms. The molecule has 0 saturated carbocycles. The first-order valence-corrected chi connectivity index (χ1v) is 7.44. The molecular formula is C17H12N4O4. The Labute approximate surface area is 141 Å². The number of aromatic nitrogens is 3. The van der Waals surface area contributed by atoms with Crippen molar-refractivity contribution in [1.29, 1.82) is 0 Å². The summed E-state index contributed by atoms with van der Waals surface area (Å²) in [6, 6.07) is 5.58. The monoisotopic (exact) mass is 336 g/mol. The number of carbonyl (C=O) groups excluding carboxylic acids is 2. The fraction of sp³-hybridized carbons (Fsp3) is 0.118. The van der Waals surface area contributed by atoms with Crippen LogP contribution in [0.2, 0.25) is 0 Å². The van der Waals surface area contributed by atoms with E-state index in [0.29, 0.717) is 22.4 Å². The molecular weight excluding hydrogens is 324 g/mol. The number of carboxylic acid groups (broad SMARTS) is 1. The first-order valence-electron chi connectivity index (χ1n) is 7.44. The molecule has 1 N–H and O–H groups in total. The molecule has 1 aromatic carbocycles. The number of rotatable bonds is 2. The zero-order valence-corrected chi connectivity index (χ0v) is 13.3. The van der Waals surface area contributed by atoms with Gasteiger partial charge in [-0.1, -0.05) is 0 Å². The molecule has 0 spiro atoms. The minimum atomic E-state index is -1.08. The van der Waals surface area contributed by atoms with Crippen LogP contribution in [0.4, 0.5) is 5.69 Å². The summed E-state index contributed by atoms with van der Waals surface area (Å²) in [5.74, 6) is -2.03. The van der Waals surface area contributed by atoms with Gasteiger partial charge in [-0.3, -0.25) is 14.3 Å². The normalized spacial score (nSPS) is 13.6. The average Bonchev–Trinajstić information content (AvgIpc) is 3.02. The van der Waals surface area contributed by atoms with E-state index in [1.807, 2.05) is 0 Å². The Morgan fingerprint density at radius 2 is 1.80 bits per heavy atom. The Kier molecular flexibility index (Phi) is 2.98. The van der Waals surface area contributed by atoms with E-state index in [0.717, 1.165) is 4.90 Å². The number of pyridine rings is 1. The summed E-state index contributed by atoms with van der Waals surface area (Å²) in [4.78, 5) is 41.9. The summed E-state index contributed by atoms with van der Waals surface area (Å²) in [6.07, 6.45) is 1.38. The molecule has 3 heterocycles. The lowest BCUT2D eigenvalue weighted by Gasteiger charge is -2.13. The summed E-state index contributed by atoms with van der Waals surface area (Å²) in [7, 11) is 1.72. The largest absolute Gasteiger partial charge is 0.478 e. The van der Waals surface area contributed by atoms with Gasteiger partial charge in [-0.15, -0.1) is 0 Å². The van der Waals surface area contributed by atoms with Crippen molar-refractivity contribution in [2.24, 2.45) is 7.05 Å². The van der Waals surface area contributed by atoms with E-state index in [2.05, 4.69) is 10.1 Å². The number of aromatic carboxylic acids is 1. The summed E-state index contributed by atoms with van der Waals surface area (Å²) in [6.45, 7) is 1.76. The summed E-state index contributed by atoms with van der Waals surface area (Å²) in [5, 5.41) is 13.8. The van der Waals surface area contributed by atoms with Crippen LogP contribution in [0.15, 0.2) is 30.5 Å². The highest BCUT2D eigenvalue weighted by Gasteiger charge is 2.39. The number of hydrogen-bond donors (Lipinski definition) is 1. The number of carboxylic acids is 1. The highest BCUT2D eigenvalue weighted by Crippen LogP contribution is 2.33. The number of benzene rings is 1. The van der Waals surface area contributed by atoms with Crippen molar-refractivity contribution in [2.45, 2.75) is 6.92 Å². The molecule has 0 atom stereocenters. The van der Waals surface area contributed by atoms with Crippen molar-refractivity contribution in [1.82, 2.24) is 14.8 Å². The first-order chi connectivity index (χ1) is 11.9. The molecule has 124 valence electrons. The van der Waals surface area contributed by atoms with Crippen molar-refractivity contribution in [3.8, 4) is 0 Å². The lowest BCUT2D eigenvalue weighted by Crippen LogP contribution is -2.29. The van der Waals surface area contributed by atoms with Gasteiger partial charge in [-0.05, 0) is 31.2 Å². The summed E-state index contributed by atoms with van der Waals surface area (Å²) < 4.78 is 1.56. The third kappa shape index (κ3) is 1.97. The van der Waals surface area contributed by atoms with Crippen molar-refractivity contribution in [2.75, 3.05) is 4.90 Å². The van der Waals surface area contributed by atoms with Gasteiger partial charge in [-0.25, -0.2) is 14.7 Å². The molecule has 8 nitrogen and oxygen atoms in total. The molecule has 0 unspecified atom stereocenters. The molecule has 0 fully saturated rings. The Morgan fingerprint density at radius 3 is 2.44 bits per heavy atom. The van der Waals surface area contributed by atoms with E-state index in [9.17, 15) is 14.4 Å². The van der Waals surface area contributed by atoms with Crippen LogP contribution in [0.5, 0.6) is 0 Å². The molecule has 0 saturated heterocycles. The van der Waals surface area contributed by atoms with Gasteiger partial charge in [0, 0.05) is 13.2 Å². The van der Waals surface area contributed by atoms with Gasteiger partial charge in [0.2, 0.25) is 0 Å². The molecule has 0 aliphatic carbocycles. The minimum absolute atomic E-state index is 0.0764. The van der Waals surface area contributed by atoms with E-state index in [1.54, 1.807) is 18.7 Å². The number of anilines is 1. The van der Waals surface area contributed by atoms with Gasteiger partial charge in [0.25, 0.3) is 11.8 Å². The molecule has 4 rings (SSSR count). The quantitative estimate of drug-likeness (QED) is 0.715. The van der Waals surface area contributed by atoms with Crippen molar-refractivity contribution in [3.63, 3.8) is 0 Å². The standard InChI is InChI=1S/C17H12N4O4/c1-8-12-13-11(7-18-14(12)20(2)19-8)15(22)21(16(13)23)10-5-3-9(4-6-10)17(24)25/h3-7H,1-2H3,(H,24,25). The number of amides is 2. The lowest BCUT2D eigenvalue weighted by atomic mass is 10.1. The van der Waals surface area contributed by atoms with Gasteiger partial charge in [0.1, 0.15) is 0 Å². The second kappa shape index (κ2) is 4.97. The van der Waals surface area contributed by atoms with Gasteiger partial charge < -0.3 is 5.11 Å². The third-order valence-corrected chi connectivity index (χ3v) is 4.25. The summed E-state index contributed by atoms with van der Waals surface area (Å²) >= 11 is 0. The molecule has 3 aromatic rings. The topological polar surface area (TPSA) is 105 Å². The van der Waals surface area contributed by atoms with Crippen molar-refractivity contribution >= 4 is 34.5 Å². The second-order valence-electron chi connectivity index (χ2n) is 5.75. The van der Waals surface area contributed by atoms with E-state index >= 15 is 0 Å². The fourth-order valence-electron chi connectivity index (χ4n) is 3.11. The van der Waals surface area contributed by atoms with Gasteiger partial charge >= 0.3 is 5.97 Å². The highest BCUT2D eigenvalue weighted by molar-refractivity contribution is 6.37. The molecule has 2 amide bonds. The van der Waals surface area contributed by atoms with Crippen LogP contribution in [0, 0.1) is 6.92 Å². The number of nitrogens with zero attached hydrogens (tertiary/aromatic N) is 4. The molecule has 2 aromatic heterocycles. The Balaban J connectivity index is 1.88. The Bertz CT molecular complexity index is 1080. The minimum Gasteiger partial charge on any atom is -0.478 e. The maximum atomic E-state index is 12.9. The SMILES string of the molecule is Cc1nn(C)c2ncc3c(c12)C(=O)N(c1ccc(C(=O)O)cc1)C3=O. The maximum Gasteiger partial charge on any atom is 0.335 e. The van der Waals surface area contributed by atoms with Gasteiger partial charge in [-0.2, -0.15) is 5.10 Å². The van der Waals surface area contributed by atoms with Crippen LogP contribution in [-0.4, -0.2) is 37.7 Å². The van der Waals surface area contributed by atoms with Gasteiger partial charge in [0.15, 0.2) is 5.65 Å². The number of carbonyl (C=O) groups is 3. The number of aryl methyl sites for hydroxylation is 2. The zero-order chi connectivity index (χ0) is 17.9. The highest BCUT2D eigenvalue weighted by atomic mass is 16.4. The molecule has 0 bridgehead atoms. The summed E-state index contributed by atoms with van der Waals surface area (Å²) in [5.41, 5.74) is 2.03. The molecule has 25 heavy (non-hydrogen) atoms. The smallest absolute Gasteiger partial charge is 0.335 e. The van der Waals surface area contributed by atoms with Crippen LogP contribution in [-0.2, 0) is 7.05 Å². The van der Waals surface area contributed by atoms with Crippen LogP contribution in [0.3, 0.4) is 0 Å². The fourth-order valence-corrected chi connectivity index (χ4v) is 3.11. The average molecular weight is 336 g/mol. The lowest BCUT2D eigenvalue weighted by molar-refractivity contribution is 0.0696. The van der Waals surface area contributed by atoms with Crippen LogP contribution >= 0.6 is 0 Å². The third-order valence-electron chi connectivity index (χ3n) is 4.25. The van der Waals surface area contributed by atoms with E-state index in [-0.39, 0.29) is 16.7 Å². The first kappa shape index (κ1) is 15.0. The number of imide groups is 1. The van der Waals surface area contributed by atoms with Crippen LogP contribution in [0.25, 0.3) is 11.0 Å². The van der Waals surface area contributed by atoms with Crippen molar-refractivity contribution < 1.29 is 19.5 Å². The van der Waals surface area contributed by atoms with Crippen molar-refractivity contribution in [3.05, 3.63) is 52.8 Å². The van der Waals surface area contributed by atoms with Crippen LogP contribution in [0.1, 0.15) is 36.8 Å². The molecule has 0 radical (unpaired) electrons. The second-order valence-corrected chi connectivity index (χ2v) is 5.75. The molecule has 1 aliphatic heterocycles. The maximum absolute atomic E-state index is 12.9. The number of fused-ring (bicyclic) bond motifs is 3. The predicted molar refractivity (Wildman–Crippen MR) is 87.8 cm³/mol.